The van der Waals surface area contributed by atoms with Crippen LogP contribution in [0.2, 0.25) is 0 Å². The Morgan fingerprint density at radius 1 is 1.07 bits per heavy atom. The third kappa shape index (κ3) is 5.50. The molecule has 0 unspecified atom stereocenters. The third-order valence-electron chi connectivity index (χ3n) is 8.72. The van der Waals surface area contributed by atoms with Crippen LogP contribution in [-0.4, -0.2) is 73.8 Å². The number of hydrogen-bond acceptors (Lipinski definition) is 8. The Balaban J connectivity index is 1.30. The maximum Gasteiger partial charge on any atom is 0.265 e. The molecule has 1 N–H and O–H groups in total. The smallest absolute Gasteiger partial charge is 0.265 e. The second-order valence-corrected chi connectivity index (χ2v) is 12.3. The fraction of sp³-hybridized carbons (Fsp3) is 0.485. The number of rotatable bonds is 8. The van der Waals surface area contributed by atoms with Crippen LogP contribution < -0.4 is 24.6 Å². The van der Waals surface area contributed by atoms with E-state index in [2.05, 4.69) is 53.5 Å². The van der Waals surface area contributed by atoms with Crippen LogP contribution in [0.1, 0.15) is 56.6 Å². The summed E-state index contributed by atoms with van der Waals surface area (Å²) in [6.07, 6.45) is 6.50. The molecule has 1 saturated heterocycles. The number of aryl methyl sites for hydroxylation is 1. The van der Waals surface area contributed by atoms with Gasteiger partial charge in [0.2, 0.25) is 5.95 Å². The molecule has 1 amide bonds. The maximum absolute atomic E-state index is 12.8. The number of amides is 1. The molecule has 3 aliphatic rings. The number of fused-ring (bicyclic) bond motifs is 1. The van der Waals surface area contributed by atoms with E-state index in [0.717, 1.165) is 89.7 Å². The molecule has 3 heterocycles. The van der Waals surface area contributed by atoms with E-state index < -0.39 is 0 Å². The van der Waals surface area contributed by atoms with E-state index in [0.29, 0.717) is 17.9 Å². The first-order chi connectivity index (χ1) is 20.2. The fourth-order valence-corrected chi connectivity index (χ4v) is 6.31. The quantitative estimate of drug-likeness (QED) is 0.367. The van der Waals surface area contributed by atoms with Gasteiger partial charge in [0, 0.05) is 54.3 Å². The van der Waals surface area contributed by atoms with Gasteiger partial charge in [-0.15, -0.1) is 0 Å². The summed E-state index contributed by atoms with van der Waals surface area (Å²) in [5.74, 6) is 2.56. The van der Waals surface area contributed by atoms with E-state index in [1.165, 1.54) is 0 Å². The van der Waals surface area contributed by atoms with E-state index in [4.69, 9.17) is 19.4 Å². The van der Waals surface area contributed by atoms with Crippen LogP contribution in [0, 0.1) is 6.92 Å². The fourth-order valence-electron chi connectivity index (χ4n) is 6.31. The third-order valence-corrected chi connectivity index (χ3v) is 8.72. The minimum Gasteiger partial charge on any atom is -0.495 e. The lowest BCUT2D eigenvalue weighted by Gasteiger charge is -2.37. The zero-order chi connectivity index (χ0) is 29.5. The highest BCUT2D eigenvalue weighted by Crippen LogP contribution is 2.46. The molecule has 0 spiro atoms. The molecular formula is C33H42N6O3. The second-order valence-electron chi connectivity index (χ2n) is 12.3. The zero-order valence-electron chi connectivity index (χ0n) is 25.6. The van der Waals surface area contributed by atoms with Crippen molar-refractivity contribution in [1.29, 1.82) is 0 Å². The molecule has 9 heteroatoms. The van der Waals surface area contributed by atoms with Gasteiger partial charge in [-0.05, 0) is 96.3 Å². The van der Waals surface area contributed by atoms with Gasteiger partial charge in [0.25, 0.3) is 5.91 Å². The number of benzene rings is 2. The zero-order valence-corrected chi connectivity index (χ0v) is 25.6. The Kier molecular flexibility index (Phi) is 7.70. The largest absolute Gasteiger partial charge is 0.495 e. The van der Waals surface area contributed by atoms with Crippen molar-refractivity contribution in [3.63, 3.8) is 0 Å². The Hall–Kier alpha value is -3.85. The number of ether oxygens (including phenoxy) is 2. The van der Waals surface area contributed by atoms with Crippen molar-refractivity contribution in [3.05, 3.63) is 47.7 Å². The summed E-state index contributed by atoms with van der Waals surface area (Å²) in [6, 6.07) is 11.0. The summed E-state index contributed by atoms with van der Waals surface area (Å²) in [7, 11) is 6.05. The molecular weight excluding hydrogens is 528 g/mol. The lowest BCUT2D eigenvalue weighted by atomic mass is 9.99. The number of nitrogens with one attached hydrogen (secondary N) is 1. The maximum atomic E-state index is 12.8. The van der Waals surface area contributed by atoms with Gasteiger partial charge in [0.15, 0.2) is 6.61 Å². The number of carbonyl (C=O) groups excluding carboxylic acids is 1. The molecule has 2 aromatic carbocycles. The summed E-state index contributed by atoms with van der Waals surface area (Å²) in [5.41, 5.74) is 6.80. The molecule has 1 aromatic heterocycles. The molecule has 1 aliphatic carbocycles. The molecule has 0 bridgehead atoms. The van der Waals surface area contributed by atoms with Gasteiger partial charge in [-0.1, -0.05) is 0 Å². The van der Waals surface area contributed by atoms with Crippen LogP contribution >= 0.6 is 0 Å². The monoisotopic (exact) mass is 570 g/mol. The molecule has 42 heavy (non-hydrogen) atoms. The number of methoxy groups -OCH3 is 1. The molecule has 2 fully saturated rings. The standard InChI is InChI=1S/C33H42N6O3/c1-20(2)39-28-16-23(15-21(3)32(28)42-19-30(39)40)31-26(22-7-8-22)18-34-33(36-31)35-24-9-10-27(29(17-24)41-6)38-13-11-25(12-14-38)37(4)5/h9-10,15-18,20,22,25H,7-8,11-14,19H2,1-6H3,(H,34,35,36). The highest BCUT2D eigenvalue weighted by atomic mass is 16.5. The van der Waals surface area contributed by atoms with Gasteiger partial charge in [-0.25, -0.2) is 9.97 Å². The highest BCUT2D eigenvalue weighted by molar-refractivity contribution is 5.99. The van der Waals surface area contributed by atoms with Crippen LogP contribution in [0.4, 0.5) is 23.0 Å². The number of piperidine rings is 1. The van der Waals surface area contributed by atoms with E-state index in [1.54, 1.807) is 7.11 Å². The summed E-state index contributed by atoms with van der Waals surface area (Å²) in [4.78, 5) is 29.1. The van der Waals surface area contributed by atoms with Crippen molar-refractivity contribution in [2.75, 3.05) is 56.0 Å². The summed E-state index contributed by atoms with van der Waals surface area (Å²) >= 11 is 0. The van der Waals surface area contributed by atoms with Crippen LogP contribution in [-0.2, 0) is 4.79 Å². The molecule has 1 saturated carbocycles. The normalized spacial score (nSPS) is 17.5. The molecule has 0 atom stereocenters. The Morgan fingerprint density at radius 2 is 1.83 bits per heavy atom. The predicted molar refractivity (Wildman–Crippen MR) is 167 cm³/mol. The molecule has 0 radical (unpaired) electrons. The van der Waals surface area contributed by atoms with Crippen molar-refractivity contribution < 1.29 is 14.3 Å². The average molecular weight is 571 g/mol. The Bertz CT molecular complexity index is 1480. The summed E-state index contributed by atoms with van der Waals surface area (Å²) in [5, 5.41) is 3.42. The predicted octanol–water partition coefficient (Wildman–Crippen LogP) is 5.75. The van der Waals surface area contributed by atoms with Gasteiger partial charge in [0.05, 0.1) is 24.2 Å². The van der Waals surface area contributed by atoms with Crippen molar-refractivity contribution in [2.45, 2.75) is 64.5 Å². The molecule has 2 aliphatic heterocycles. The minimum absolute atomic E-state index is 0.0256. The van der Waals surface area contributed by atoms with Crippen LogP contribution in [0.25, 0.3) is 11.3 Å². The lowest BCUT2D eigenvalue weighted by Crippen LogP contribution is -2.43. The van der Waals surface area contributed by atoms with Gasteiger partial charge >= 0.3 is 0 Å². The highest BCUT2D eigenvalue weighted by Gasteiger charge is 2.32. The summed E-state index contributed by atoms with van der Waals surface area (Å²) in [6.45, 7) is 8.17. The first-order valence-corrected chi connectivity index (χ1v) is 15.1. The minimum atomic E-state index is -0.0269. The number of aromatic nitrogens is 2. The SMILES string of the molecule is COc1cc(Nc2ncc(C3CC3)c(-c3cc(C)c4c(c3)N(C(C)C)C(=O)CO4)n2)ccc1N1CCC(N(C)C)CC1. The second kappa shape index (κ2) is 11.4. The van der Waals surface area contributed by atoms with Gasteiger partial charge < -0.3 is 29.5 Å². The van der Waals surface area contributed by atoms with Crippen LogP contribution in [0.15, 0.2) is 36.5 Å². The summed E-state index contributed by atoms with van der Waals surface area (Å²) < 4.78 is 11.7. The van der Waals surface area contributed by atoms with Gasteiger partial charge in [-0.2, -0.15) is 0 Å². The average Bonchev–Trinajstić information content (AvgIpc) is 3.82. The Labute approximate surface area is 248 Å². The van der Waals surface area contributed by atoms with E-state index in [9.17, 15) is 4.79 Å². The number of hydrogen-bond donors (Lipinski definition) is 1. The van der Waals surface area contributed by atoms with Crippen molar-refractivity contribution in [1.82, 2.24) is 14.9 Å². The number of carbonyl (C=O) groups is 1. The molecule has 3 aromatic rings. The van der Waals surface area contributed by atoms with Gasteiger partial charge in [-0.3, -0.25) is 4.79 Å². The molecule has 6 rings (SSSR count). The number of anilines is 4. The van der Waals surface area contributed by atoms with E-state index >= 15 is 0 Å². The van der Waals surface area contributed by atoms with Crippen LogP contribution in [0.5, 0.6) is 11.5 Å². The molecule has 222 valence electrons. The van der Waals surface area contributed by atoms with E-state index in [-0.39, 0.29) is 18.6 Å². The van der Waals surface area contributed by atoms with Crippen molar-refractivity contribution in [2.24, 2.45) is 0 Å². The first kappa shape index (κ1) is 28.3. The topological polar surface area (TPSA) is 83.1 Å². The Morgan fingerprint density at radius 3 is 2.50 bits per heavy atom. The lowest BCUT2D eigenvalue weighted by molar-refractivity contribution is -0.121. The molecule has 9 nitrogen and oxygen atoms in total. The first-order valence-electron chi connectivity index (χ1n) is 15.1. The van der Waals surface area contributed by atoms with Gasteiger partial charge in [0.1, 0.15) is 11.5 Å². The van der Waals surface area contributed by atoms with Crippen LogP contribution in [0.3, 0.4) is 0 Å². The number of nitrogens with zero attached hydrogens (tertiary/aromatic N) is 5. The van der Waals surface area contributed by atoms with Crippen molar-refractivity contribution in [3.8, 4) is 22.8 Å². The van der Waals surface area contributed by atoms with Crippen molar-refractivity contribution >= 4 is 28.9 Å². The van der Waals surface area contributed by atoms with E-state index in [1.807, 2.05) is 37.9 Å².